The molecule has 6 nitrogen and oxygen atoms in total. The average Bonchev–Trinajstić information content (AvgIpc) is 2.37. The summed E-state index contributed by atoms with van der Waals surface area (Å²) in [6.07, 6.45) is -1.49. The quantitative estimate of drug-likeness (QED) is 0.890. The fourth-order valence-corrected chi connectivity index (χ4v) is 1.64. The predicted octanol–water partition coefficient (Wildman–Crippen LogP) is 2.99. The number of hydrogen-bond donors (Lipinski definition) is 2. The maximum Gasteiger partial charge on any atom is 0.412 e. The Morgan fingerprint density at radius 3 is 2.67 bits per heavy atom. The van der Waals surface area contributed by atoms with E-state index in [1.54, 1.807) is 39.0 Å². The van der Waals surface area contributed by atoms with Gasteiger partial charge in [-0.2, -0.15) is 5.26 Å². The van der Waals surface area contributed by atoms with Crippen LogP contribution in [0.5, 0.6) is 5.75 Å². The highest BCUT2D eigenvalue weighted by Crippen LogP contribution is 2.29. The van der Waals surface area contributed by atoms with Crippen molar-refractivity contribution in [1.29, 1.82) is 5.26 Å². The van der Waals surface area contributed by atoms with E-state index < -0.39 is 17.8 Å². The molecule has 21 heavy (non-hydrogen) atoms. The van der Waals surface area contributed by atoms with Crippen molar-refractivity contribution in [3.8, 4) is 11.8 Å². The lowest BCUT2D eigenvalue weighted by atomic mass is 10.1. The molecular weight excluding hydrogens is 272 g/mol. The lowest BCUT2D eigenvalue weighted by Gasteiger charge is -2.20. The molecule has 2 N–H and O–H groups in total. The summed E-state index contributed by atoms with van der Waals surface area (Å²) in [5.74, 6) is 0.385. The van der Waals surface area contributed by atoms with Gasteiger partial charge in [0.25, 0.3) is 0 Å². The van der Waals surface area contributed by atoms with Crippen LogP contribution in [0.25, 0.3) is 0 Å². The molecule has 6 heteroatoms. The summed E-state index contributed by atoms with van der Waals surface area (Å²) < 4.78 is 10.3. The zero-order chi connectivity index (χ0) is 16.0. The third-order valence-electron chi connectivity index (χ3n) is 2.53. The zero-order valence-corrected chi connectivity index (χ0v) is 12.6. The molecule has 1 atom stereocenters. The molecule has 0 saturated carbocycles. The molecule has 0 aromatic heterocycles. The molecule has 0 aliphatic rings. The van der Waals surface area contributed by atoms with Crippen molar-refractivity contribution in [3.05, 3.63) is 23.8 Å². The minimum absolute atomic E-state index is 0.0119. The lowest BCUT2D eigenvalue weighted by molar-refractivity contribution is 0.0635. The van der Waals surface area contributed by atoms with Gasteiger partial charge in [-0.1, -0.05) is 6.07 Å². The van der Waals surface area contributed by atoms with Crippen LogP contribution in [0.3, 0.4) is 0 Å². The molecule has 0 bridgehead atoms. The molecule has 0 aliphatic heterocycles. The third kappa shape index (κ3) is 5.32. The molecule has 114 valence electrons. The molecule has 1 unspecified atom stereocenters. The fourth-order valence-electron chi connectivity index (χ4n) is 1.64. The highest BCUT2D eigenvalue weighted by molar-refractivity contribution is 5.87. The molecule has 0 fully saturated rings. The number of aliphatic hydroxyl groups is 1. The maximum atomic E-state index is 11.7. The molecule has 0 radical (unpaired) electrons. The standard InChI is InChI=1S/C15H20N2O4/c1-15(2,3)21-14(19)17-11-6-5-10(9-13(11)20-4)12(18)7-8-16/h5-6,9,12,18H,7H2,1-4H3,(H,17,19). The number of nitrogens with one attached hydrogen (secondary N) is 1. The number of anilines is 1. The van der Waals surface area contributed by atoms with Gasteiger partial charge in [-0.25, -0.2) is 4.79 Å². The number of aliphatic hydroxyl groups excluding tert-OH is 1. The van der Waals surface area contributed by atoms with Crippen molar-refractivity contribution in [1.82, 2.24) is 0 Å². The number of amides is 1. The number of ether oxygens (including phenoxy) is 2. The molecule has 0 spiro atoms. The van der Waals surface area contributed by atoms with Gasteiger partial charge in [-0.15, -0.1) is 0 Å². The summed E-state index contributed by atoms with van der Waals surface area (Å²) in [6.45, 7) is 5.31. The zero-order valence-electron chi connectivity index (χ0n) is 12.6. The molecule has 0 saturated heterocycles. The van der Waals surface area contributed by atoms with E-state index in [2.05, 4.69) is 5.32 Å². The van der Waals surface area contributed by atoms with E-state index in [0.717, 1.165) is 0 Å². The Hall–Kier alpha value is -2.26. The Labute approximate surface area is 124 Å². The minimum Gasteiger partial charge on any atom is -0.495 e. The van der Waals surface area contributed by atoms with Gasteiger partial charge in [0, 0.05) is 0 Å². The summed E-state index contributed by atoms with van der Waals surface area (Å²) in [5, 5.41) is 21.0. The highest BCUT2D eigenvalue weighted by Gasteiger charge is 2.18. The Morgan fingerprint density at radius 2 is 2.14 bits per heavy atom. The smallest absolute Gasteiger partial charge is 0.412 e. The van der Waals surface area contributed by atoms with E-state index in [0.29, 0.717) is 17.0 Å². The average molecular weight is 292 g/mol. The van der Waals surface area contributed by atoms with Crippen LogP contribution in [0.4, 0.5) is 10.5 Å². The van der Waals surface area contributed by atoms with Crippen molar-refractivity contribution in [2.24, 2.45) is 0 Å². The van der Waals surface area contributed by atoms with E-state index in [9.17, 15) is 9.90 Å². The first-order valence-electron chi connectivity index (χ1n) is 6.50. The molecule has 1 aromatic rings. The van der Waals surface area contributed by atoms with E-state index in [4.69, 9.17) is 14.7 Å². The van der Waals surface area contributed by atoms with Crippen LogP contribution in [0.1, 0.15) is 38.9 Å². The number of methoxy groups -OCH3 is 1. The van der Waals surface area contributed by atoms with E-state index in [1.807, 2.05) is 6.07 Å². The summed E-state index contributed by atoms with van der Waals surface area (Å²) in [5.41, 5.74) is 0.378. The summed E-state index contributed by atoms with van der Waals surface area (Å²) in [7, 11) is 1.45. The lowest BCUT2D eigenvalue weighted by Crippen LogP contribution is -2.27. The molecule has 0 aliphatic carbocycles. The van der Waals surface area contributed by atoms with Crippen molar-refractivity contribution in [3.63, 3.8) is 0 Å². The van der Waals surface area contributed by atoms with Crippen molar-refractivity contribution < 1.29 is 19.4 Å². The van der Waals surface area contributed by atoms with Crippen LogP contribution in [-0.2, 0) is 4.74 Å². The van der Waals surface area contributed by atoms with E-state index in [-0.39, 0.29) is 6.42 Å². The Bertz CT molecular complexity index is 544. The fraction of sp³-hybridized carbons (Fsp3) is 0.467. The first kappa shape index (κ1) is 16.8. The summed E-state index contributed by atoms with van der Waals surface area (Å²) in [6, 6.07) is 6.69. The van der Waals surface area contributed by atoms with Crippen LogP contribution in [0.15, 0.2) is 18.2 Å². The Balaban J connectivity index is 2.89. The topological polar surface area (TPSA) is 91.6 Å². The van der Waals surface area contributed by atoms with Gasteiger partial charge in [-0.05, 0) is 38.5 Å². The number of nitriles is 1. The van der Waals surface area contributed by atoms with Crippen LogP contribution in [0, 0.1) is 11.3 Å². The van der Waals surface area contributed by atoms with Gasteiger partial charge in [-0.3, -0.25) is 5.32 Å². The van der Waals surface area contributed by atoms with Gasteiger partial charge in [0.1, 0.15) is 11.4 Å². The van der Waals surface area contributed by atoms with Gasteiger partial charge in [0.15, 0.2) is 0 Å². The highest BCUT2D eigenvalue weighted by atomic mass is 16.6. The first-order valence-corrected chi connectivity index (χ1v) is 6.50. The van der Waals surface area contributed by atoms with Crippen LogP contribution in [0.2, 0.25) is 0 Å². The minimum atomic E-state index is -0.889. The molecule has 1 amide bonds. The van der Waals surface area contributed by atoms with Crippen LogP contribution >= 0.6 is 0 Å². The number of hydrogen-bond acceptors (Lipinski definition) is 5. The number of nitrogens with zero attached hydrogens (tertiary/aromatic N) is 1. The summed E-state index contributed by atoms with van der Waals surface area (Å²) >= 11 is 0. The normalized spacial score (nSPS) is 12.2. The molecule has 0 heterocycles. The van der Waals surface area contributed by atoms with E-state index >= 15 is 0 Å². The van der Waals surface area contributed by atoms with E-state index in [1.165, 1.54) is 7.11 Å². The second-order valence-electron chi connectivity index (χ2n) is 5.46. The first-order chi connectivity index (χ1) is 9.76. The molecular formula is C15H20N2O4. The van der Waals surface area contributed by atoms with Crippen LogP contribution in [-0.4, -0.2) is 23.9 Å². The second kappa shape index (κ2) is 6.95. The Morgan fingerprint density at radius 1 is 1.48 bits per heavy atom. The molecule has 1 aromatic carbocycles. The van der Waals surface area contributed by atoms with Crippen molar-refractivity contribution in [2.75, 3.05) is 12.4 Å². The maximum absolute atomic E-state index is 11.7. The van der Waals surface area contributed by atoms with Gasteiger partial charge >= 0.3 is 6.09 Å². The van der Waals surface area contributed by atoms with Gasteiger partial charge in [0.2, 0.25) is 0 Å². The van der Waals surface area contributed by atoms with Crippen molar-refractivity contribution >= 4 is 11.8 Å². The largest absolute Gasteiger partial charge is 0.495 e. The van der Waals surface area contributed by atoms with Gasteiger partial charge in [0.05, 0.1) is 31.4 Å². The van der Waals surface area contributed by atoms with Crippen LogP contribution < -0.4 is 10.1 Å². The summed E-state index contributed by atoms with van der Waals surface area (Å²) in [4.78, 5) is 11.7. The number of rotatable bonds is 4. The molecule has 1 rings (SSSR count). The van der Waals surface area contributed by atoms with Gasteiger partial charge < -0.3 is 14.6 Å². The number of carbonyl (C=O) groups is 1. The Kier molecular flexibility index (Phi) is 5.56. The van der Waals surface area contributed by atoms with Crippen molar-refractivity contribution in [2.45, 2.75) is 38.9 Å². The second-order valence-corrected chi connectivity index (χ2v) is 5.46. The predicted molar refractivity (Wildman–Crippen MR) is 78.0 cm³/mol. The SMILES string of the molecule is COc1cc(C(O)CC#N)ccc1NC(=O)OC(C)(C)C. The number of benzene rings is 1. The third-order valence-corrected chi connectivity index (χ3v) is 2.53. The number of carbonyl (C=O) groups excluding carboxylic acids is 1. The monoisotopic (exact) mass is 292 g/mol.